The van der Waals surface area contributed by atoms with Gasteiger partial charge in [0, 0.05) is 28.2 Å². The summed E-state index contributed by atoms with van der Waals surface area (Å²) in [4.78, 5) is 19.9. The Morgan fingerprint density at radius 3 is 2.43 bits per heavy atom. The normalized spacial score (nSPS) is 14.7. The first-order valence-corrected chi connectivity index (χ1v) is 12.1. The third-order valence-electron chi connectivity index (χ3n) is 6.57. The van der Waals surface area contributed by atoms with Gasteiger partial charge in [-0.25, -0.2) is 9.79 Å². The molecule has 0 unspecified atom stereocenters. The Morgan fingerprint density at radius 2 is 1.71 bits per heavy atom. The van der Waals surface area contributed by atoms with Crippen molar-refractivity contribution in [2.24, 2.45) is 4.99 Å². The standard InChI is InChI=1S/C29H29N3O3/c1-35-29(34)20-12-17-24-25(18-20)32-28(33)26(24)27(19-8-4-2-5-9-19)31-23-15-13-22(14-16-23)30-21-10-6-3-7-11-21/h2,4-5,8-9,12-18,21,30,32-33H,3,6-7,10-11H2,1H3. The first-order valence-electron chi connectivity index (χ1n) is 12.1. The average Bonchev–Trinajstić information content (AvgIpc) is 3.23. The fourth-order valence-corrected chi connectivity index (χ4v) is 4.77. The maximum Gasteiger partial charge on any atom is 0.337 e. The maximum atomic E-state index is 12.0. The molecule has 6 heteroatoms. The molecule has 1 aliphatic rings. The molecule has 0 bridgehead atoms. The summed E-state index contributed by atoms with van der Waals surface area (Å²) in [5.74, 6) is -0.429. The largest absolute Gasteiger partial charge is 0.494 e. The molecule has 3 aromatic carbocycles. The summed E-state index contributed by atoms with van der Waals surface area (Å²) >= 11 is 0. The molecule has 0 radical (unpaired) electrons. The highest BCUT2D eigenvalue weighted by Crippen LogP contribution is 2.32. The van der Waals surface area contributed by atoms with Crippen LogP contribution >= 0.6 is 0 Å². The summed E-state index contributed by atoms with van der Waals surface area (Å²) in [7, 11) is 1.35. The summed E-state index contributed by atoms with van der Waals surface area (Å²) in [5.41, 5.74) is 5.05. The van der Waals surface area contributed by atoms with Gasteiger partial charge in [0.1, 0.15) is 0 Å². The van der Waals surface area contributed by atoms with Gasteiger partial charge < -0.3 is 20.1 Å². The molecule has 0 spiro atoms. The first kappa shape index (κ1) is 22.7. The highest BCUT2D eigenvalue weighted by Gasteiger charge is 2.20. The zero-order valence-corrected chi connectivity index (χ0v) is 19.8. The number of aromatic amines is 1. The number of H-pyrrole nitrogens is 1. The summed E-state index contributed by atoms with van der Waals surface area (Å²) < 4.78 is 4.83. The zero-order chi connectivity index (χ0) is 24.2. The lowest BCUT2D eigenvalue weighted by Crippen LogP contribution is -2.21. The van der Waals surface area contributed by atoms with Gasteiger partial charge in [-0.1, -0.05) is 55.7 Å². The molecule has 1 saturated carbocycles. The number of nitrogens with one attached hydrogen (secondary N) is 2. The molecule has 0 amide bonds. The van der Waals surface area contributed by atoms with E-state index >= 15 is 0 Å². The van der Waals surface area contributed by atoms with E-state index in [2.05, 4.69) is 22.4 Å². The number of aliphatic imine (C=N–C) groups is 1. The van der Waals surface area contributed by atoms with Crippen LogP contribution in [0.3, 0.4) is 0 Å². The topological polar surface area (TPSA) is 86.7 Å². The molecule has 4 aromatic rings. The molecule has 35 heavy (non-hydrogen) atoms. The smallest absolute Gasteiger partial charge is 0.337 e. The van der Waals surface area contributed by atoms with Gasteiger partial charge in [-0.2, -0.15) is 0 Å². The SMILES string of the molecule is COC(=O)c1ccc2c(C(=Nc3ccc(NC4CCCCC4)cc3)c3ccccc3)c(O)[nH]c2c1. The van der Waals surface area contributed by atoms with Gasteiger partial charge >= 0.3 is 5.97 Å². The number of aromatic nitrogens is 1. The second kappa shape index (κ2) is 10.1. The monoisotopic (exact) mass is 467 g/mol. The Balaban J connectivity index is 1.53. The van der Waals surface area contributed by atoms with E-state index in [9.17, 15) is 9.90 Å². The molecule has 0 saturated heterocycles. The Kier molecular flexibility index (Phi) is 6.53. The number of esters is 1. The van der Waals surface area contributed by atoms with Crippen LogP contribution in [0.15, 0.2) is 77.8 Å². The molecule has 1 heterocycles. The minimum atomic E-state index is -0.429. The quantitative estimate of drug-likeness (QED) is 0.221. The van der Waals surface area contributed by atoms with Gasteiger partial charge in [-0.15, -0.1) is 0 Å². The van der Waals surface area contributed by atoms with E-state index in [0.29, 0.717) is 28.4 Å². The summed E-state index contributed by atoms with van der Waals surface area (Å²) in [6.45, 7) is 0. The number of methoxy groups -OCH3 is 1. The third-order valence-corrected chi connectivity index (χ3v) is 6.57. The number of carbonyl (C=O) groups excluding carboxylic acids is 1. The van der Waals surface area contributed by atoms with Crippen molar-refractivity contribution in [3.8, 4) is 5.88 Å². The van der Waals surface area contributed by atoms with E-state index in [0.717, 1.165) is 22.3 Å². The number of carbonyl (C=O) groups is 1. The minimum absolute atomic E-state index is 0.000189. The number of rotatable bonds is 6. The first-order chi connectivity index (χ1) is 17.1. The van der Waals surface area contributed by atoms with Crippen LogP contribution in [-0.4, -0.2) is 34.9 Å². The number of hydrogen-bond donors (Lipinski definition) is 3. The molecule has 0 atom stereocenters. The van der Waals surface area contributed by atoms with Crippen molar-refractivity contribution in [1.29, 1.82) is 0 Å². The second-order valence-electron chi connectivity index (χ2n) is 8.95. The molecule has 178 valence electrons. The van der Waals surface area contributed by atoms with Crippen molar-refractivity contribution >= 4 is 34.0 Å². The Bertz CT molecular complexity index is 1350. The second-order valence-corrected chi connectivity index (χ2v) is 8.95. The number of aromatic hydroxyl groups is 1. The fraction of sp³-hybridized carbons (Fsp3) is 0.241. The van der Waals surface area contributed by atoms with Gasteiger partial charge in [-0.05, 0) is 49.2 Å². The van der Waals surface area contributed by atoms with Crippen LogP contribution in [-0.2, 0) is 4.74 Å². The average molecular weight is 468 g/mol. The number of nitrogens with zero attached hydrogens (tertiary/aromatic N) is 1. The van der Waals surface area contributed by atoms with Crippen molar-refractivity contribution in [2.75, 3.05) is 12.4 Å². The lowest BCUT2D eigenvalue weighted by Gasteiger charge is -2.23. The third kappa shape index (κ3) is 4.92. The summed E-state index contributed by atoms with van der Waals surface area (Å²) in [6.07, 6.45) is 6.34. The maximum absolute atomic E-state index is 12.0. The minimum Gasteiger partial charge on any atom is -0.494 e. The van der Waals surface area contributed by atoms with E-state index in [1.165, 1.54) is 39.2 Å². The number of ether oxygens (including phenoxy) is 1. The molecule has 1 fully saturated rings. The molecule has 1 aromatic heterocycles. The Morgan fingerprint density at radius 1 is 0.971 bits per heavy atom. The number of hydrogen-bond acceptors (Lipinski definition) is 5. The van der Waals surface area contributed by atoms with Crippen LogP contribution in [0.25, 0.3) is 10.9 Å². The zero-order valence-electron chi connectivity index (χ0n) is 19.8. The highest BCUT2D eigenvalue weighted by atomic mass is 16.5. The summed E-state index contributed by atoms with van der Waals surface area (Å²) in [5, 5.41) is 15.3. The molecule has 3 N–H and O–H groups in total. The van der Waals surface area contributed by atoms with Crippen molar-refractivity contribution in [3.63, 3.8) is 0 Å². The van der Waals surface area contributed by atoms with Gasteiger partial charge in [0.15, 0.2) is 5.88 Å². The van der Waals surface area contributed by atoms with Crippen LogP contribution in [0.4, 0.5) is 11.4 Å². The Hall–Kier alpha value is -4.06. The lowest BCUT2D eigenvalue weighted by atomic mass is 9.95. The van der Waals surface area contributed by atoms with Crippen LogP contribution in [0.1, 0.15) is 53.6 Å². The molecule has 5 rings (SSSR count). The molecule has 0 aliphatic heterocycles. The predicted octanol–water partition coefficient (Wildman–Crippen LogP) is 6.57. The number of fused-ring (bicyclic) bond motifs is 1. The number of anilines is 1. The van der Waals surface area contributed by atoms with Crippen molar-refractivity contribution in [1.82, 2.24) is 4.98 Å². The van der Waals surface area contributed by atoms with Crippen LogP contribution in [0.2, 0.25) is 0 Å². The fourth-order valence-electron chi connectivity index (χ4n) is 4.77. The van der Waals surface area contributed by atoms with E-state index in [-0.39, 0.29) is 5.88 Å². The van der Waals surface area contributed by atoms with E-state index in [4.69, 9.17) is 9.73 Å². The molecule has 6 nitrogen and oxygen atoms in total. The van der Waals surface area contributed by atoms with E-state index in [1.54, 1.807) is 12.1 Å². The van der Waals surface area contributed by atoms with E-state index < -0.39 is 5.97 Å². The van der Waals surface area contributed by atoms with Crippen LogP contribution < -0.4 is 5.32 Å². The van der Waals surface area contributed by atoms with Gasteiger partial charge in [0.2, 0.25) is 0 Å². The Labute approximate surface area is 204 Å². The summed E-state index contributed by atoms with van der Waals surface area (Å²) in [6, 6.07) is 23.6. The predicted molar refractivity (Wildman–Crippen MR) is 140 cm³/mol. The van der Waals surface area contributed by atoms with Crippen molar-refractivity contribution in [2.45, 2.75) is 38.1 Å². The van der Waals surface area contributed by atoms with E-state index in [1.807, 2.05) is 48.5 Å². The van der Waals surface area contributed by atoms with Crippen molar-refractivity contribution in [3.05, 3.63) is 89.5 Å². The van der Waals surface area contributed by atoms with Gasteiger partial charge in [-0.3, -0.25) is 0 Å². The van der Waals surface area contributed by atoms with Crippen LogP contribution in [0, 0.1) is 0 Å². The van der Waals surface area contributed by atoms with Gasteiger partial charge in [0.25, 0.3) is 0 Å². The lowest BCUT2D eigenvalue weighted by molar-refractivity contribution is 0.0601. The van der Waals surface area contributed by atoms with Gasteiger partial charge in [0.05, 0.1) is 29.6 Å². The van der Waals surface area contributed by atoms with Crippen LogP contribution in [0.5, 0.6) is 5.88 Å². The number of benzene rings is 3. The molecule has 1 aliphatic carbocycles. The van der Waals surface area contributed by atoms with Crippen molar-refractivity contribution < 1.29 is 14.6 Å². The highest BCUT2D eigenvalue weighted by molar-refractivity contribution is 6.22. The molecular formula is C29H29N3O3. The molecular weight excluding hydrogens is 438 g/mol.